The van der Waals surface area contributed by atoms with Crippen LogP contribution >= 0.6 is 0 Å². The summed E-state index contributed by atoms with van der Waals surface area (Å²) in [6, 6.07) is 10.5. The van der Waals surface area contributed by atoms with Gasteiger partial charge in [0.05, 0.1) is 6.04 Å². The first kappa shape index (κ1) is 16.1. The van der Waals surface area contributed by atoms with Crippen molar-refractivity contribution in [2.45, 2.75) is 38.1 Å². The maximum absolute atomic E-state index is 12.5. The Morgan fingerprint density at radius 2 is 1.92 bits per heavy atom. The molecule has 2 aromatic rings. The molecule has 2 heterocycles. The molecule has 2 amide bonds. The van der Waals surface area contributed by atoms with Gasteiger partial charge in [0.2, 0.25) is 0 Å². The molecule has 1 aliphatic heterocycles. The standard InChI is InChI=1S/C20H24N4O/c1-14-13-24(18(14)16-5-3-2-4-6-16)20(25)21-10-9-15-11-22-19(23-12-15)17-7-8-17/h2-6,11-12,14,17-18H,7-10,13H2,1H3,(H,21,25)/t14-,18-/m1/s1. The lowest BCUT2D eigenvalue weighted by Gasteiger charge is -2.46. The number of likely N-dealkylation sites (tertiary alicyclic amines) is 1. The topological polar surface area (TPSA) is 58.1 Å². The summed E-state index contributed by atoms with van der Waals surface area (Å²) >= 11 is 0. The lowest BCUT2D eigenvalue weighted by atomic mass is 9.85. The fourth-order valence-electron chi connectivity index (χ4n) is 3.52. The minimum absolute atomic E-state index is 0.0162. The summed E-state index contributed by atoms with van der Waals surface area (Å²) in [4.78, 5) is 23.3. The average Bonchev–Trinajstić information content (AvgIpc) is 3.46. The van der Waals surface area contributed by atoms with E-state index in [1.807, 2.05) is 35.5 Å². The lowest BCUT2D eigenvalue weighted by Crippen LogP contribution is -2.55. The zero-order valence-electron chi connectivity index (χ0n) is 14.6. The molecule has 4 rings (SSSR count). The normalized spacial score (nSPS) is 22.4. The Morgan fingerprint density at radius 3 is 2.56 bits per heavy atom. The minimum atomic E-state index is 0.0162. The number of aromatic nitrogens is 2. The molecule has 1 aromatic carbocycles. The monoisotopic (exact) mass is 336 g/mol. The number of nitrogens with one attached hydrogen (secondary N) is 1. The van der Waals surface area contributed by atoms with Gasteiger partial charge >= 0.3 is 6.03 Å². The molecule has 5 nitrogen and oxygen atoms in total. The van der Waals surface area contributed by atoms with Crippen molar-refractivity contribution in [2.75, 3.05) is 13.1 Å². The lowest BCUT2D eigenvalue weighted by molar-refractivity contribution is 0.0594. The number of rotatable bonds is 5. The maximum atomic E-state index is 12.5. The van der Waals surface area contributed by atoms with E-state index in [-0.39, 0.29) is 12.1 Å². The first-order chi connectivity index (χ1) is 12.2. The van der Waals surface area contributed by atoms with Crippen LogP contribution in [0, 0.1) is 5.92 Å². The third-order valence-corrected chi connectivity index (χ3v) is 5.12. The molecule has 0 bridgehead atoms. The van der Waals surface area contributed by atoms with E-state index >= 15 is 0 Å². The van der Waals surface area contributed by atoms with E-state index in [4.69, 9.17) is 0 Å². The van der Waals surface area contributed by atoms with Crippen LogP contribution in [-0.4, -0.2) is 34.0 Å². The second kappa shape index (κ2) is 6.82. The summed E-state index contributed by atoms with van der Waals surface area (Å²) in [6.07, 6.45) is 6.98. The highest BCUT2D eigenvalue weighted by atomic mass is 16.2. The van der Waals surface area contributed by atoms with E-state index in [0.717, 1.165) is 24.4 Å². The Morgan fingerprint density at radius 1 is 1.20 bits per heavy atom. The van der Waals surface area contributed by atoms with Crippen molar-refractivity contribution in [3.63, 3.8) is 0 Å². The number of amides is 2. The molecule has 1 N–H and O–H groups in total. The molecule has 0 radical (unpaired) electrons. The van der Waals surface area contributed by atoms with Crippen LogP contribution in [0.15, 0.2) is 42.7 Å². The summed E-state index contributed by atoms with van der Waals surface area (Å²) < 4.78 is 0. The molecule has 1 aromatic heterocycles. The Hall–Kier alpha value is -2.43. The fraction of sp³-hybridized carbons (Fsp3) is 0.450. The number of carbonyl (C=O) groups is 1. The highest BCUT2D eigenvalue weighted by molar-refractivity contribution is 5.75. The second-order valence-corrected chi connectivity index (χ2v) is 7.19. The molecule has 130 valence electrons. The van der Waals surface area contributed by atoms with E-state index in [9.17, 15) is 4.79 Å². The predicted octanol–water partition coefficient (Wildman–Crippen LogP) is 3.30. The second-order valence-electron chi connectivity index (χ2n) is 7.19. The number of nitrogens with zero attached hydrogens (tertiary/aromatic N) is 3. The van der Waals surface area contributed by atoms with Gasteiger partial charge in [-0.25, -0.2) is 14.8 Å². The van der Waals surface area contributed by atoms with Crippen LogP contribution < -0.4 is 5.32 Å². The molecule has 2 fully saturated rings. The van der Waals surface area contributed by atoms with E-state index in [1.54, 1.807) is 0 Å². The molecule has 1 saturated carbocycles. The smallest absolute Gasteiger partial charge is 0.317 e. The van der Waals surface area contributed by atoms with E-state index in [1.165, 1.54) is 18.4 Å². The molecule has 0 unspecified atom stereocenters. The Labute approximate surface area is 148 Å². The molecule has 5 heteroatoms. The van der Waals surface area contributed by atoms with Crippen molar-refractivity contribution in [1.82, 2.24) is 20.2 Å². The fourth-order valence-corrected chi connectivity index (χ4v) is 3.52. The largest absolute Gasteiger partial charge is 0.338 e. The number of hydrogen-bond donors (Lipinski definition) is 1. The van der Waals surface area contributed by atoms with Crippen molar-refractivity contribution < 1.29 is 4.79 Å². The quantitative estimate of drug-likeness (QED) is 0.911. The van der Waals surface area contributed by atoms with Gasteiger partial charge in [-0.05, 0) is 36.3 Å². The van der Waals surface area contributed by atoms with Gasteiger partial charge in [0.25, 0.3) is 0 Å². The SMILES string of the molecule is C[C@@H]1CN(C(=O)NCCc2cnc(C3CC3)nc2)[C@H]1c1ccccc1. The van der Waals surface area contributed by atoms with Crippen molar-refractivity contribution in [2.24, 2.45) is 5.92 Å². The zero-order chi connectivity index (χ0) is 17.2. The summed E-state index contributed by atoms with van der Waals surface area (Å²) in [5, 5.41) is 3.03. The van der Waals surface area contributed by atoms with Gasteiger partial charge in [0.15, 0.2) is 0 Å². The van der Waals surface area contributed by atoms with Crippen LogP contribution in [0.25, 0.3) is 0 Å². The first-order valence-electron chi connectivity index (χ1n) is 9.12. The predicted molar refractivity (Wildman–Crippen MR) is 96.2 cm³/mol. The van der Waals surface area contributed by atoms with Crippen LogP contribution in [0.5, 0.6) is 0 Å². The van der Waals surface area contributed by atoms with Crippen molar-refractivity contribution in [1.29, 1.82) is 0 Å². The third kappa shape index (κ3) is 3.50. The van der Waals surface area contributed by atoms with Gasteiger partial charge in [-0.1, -0.05) is 37.3 Å². The zero-order valence-corrected chi connectivity index (χ0v) is 14.6. The average molecular weight is 336 g/mol. The van der Waals surface area contributed by atoms with Crippen LogP contribution in [0.1, 0.15) is 48.7 Å². The van der Waals surface area contributed by atoms with Crippen molar-refractivity contribution in [3.05, 3.63) is 59.7 Å². The van der Waals surface area contributed by atoms with Crippen LogP contribution in [0.2, 0.25) is 0 Å². The minimum Gasteiger partial charge on any atom is -0.338 e. The molecule has 2 aliphatic rings. The van der Waals surface area contributed by atoms with Gasteiger partial charge in [0, 0.05) is 31.4 Å². The van der Waals surface area contributed by atoms with Gasteiger partial charge in [-0.2, -0.15) is 0 Å². The first-order valence-corrected chi connectivity index (χ1v) is 9.12. The summed E-state index contributed by atoms with van der Waals surface area (Å²) in [6.45, 7) is 3.61. The molecule has 1 saturated heterocycles. The Kier molecular flexibility index (Phi) is 4.38. The number of carbonyl (C=O) groups excluding carboxylic acids is 1. The number of benzene rings is 1. The molecular formula is C20H24N4O. The Balaban J connectivity index is 1.28. The Bertz CT molecular complexity index is 727. The highest BCUT2D eigenvalue weighted by Gasteiger charge is 2.39. The van der Waals surface area contributed by atoms with Crippen molar-refractivity contribution >= 4 is 6.03 Å². The van der Waals surface area contributed by atoms with E-state index < -0.39 is 0 Å². The third-order valence-electron chi connectivity index (χ3n) is 5.12. The molecular weight excluding hydrogens is 312 g/mol. The summed E-state index contributed by atoms with van der Waals surface area (Å²) in [5.74, 6) is 2.04. The number of urea groups is 1. The van der Waals surface area contributed by atoms with Gasteiger partial charge in [-0.15, -0.1) is 0 Å². The van der Waals surface area contributed by atoms with Crippen LogP contribution in [-0.2, 0) is 6.42 Å². The van der Waals surface area contributed by atoms with Crippen molar-refractivity contribution in [3.8, 4) is 0 Å². The molecule has 1 aliphatic carbocycles. The molecule has 2 atom stereocenters. The molecule has 25 heavy (non-hydrogen) atoms. The van der Waals surface area contributed by atoms with Gasteiger partial charge in [0.1, 0.15) is 5.82 Å². The van der Waals surface area contributed by atoms with Crippen LogP contribution in [0.3, 0.4) is 0 Å². The van der Waals surface area contributed by atoms with E-state index in [2.05, 4.69) is 34.3 Å². The maximum Gasteiger partial charge on any atom is 0.317 e. The van der Waals surface area contributed by atoms with Gasteiger partial charge in [-0.3, -0.25) is 0 Å². The summed E-state index contributed by atoms with van der Waals surface area (Å²) in [7, 11) is 0. The number of hydrogen-bond acceptors (Lipinski definition) is 3. The van der Waals surface area contributed by atoms with E-state index in [0.29, 0.717) is 18.4 Å². The molecule has 0 spiro atoms. The van der Waals surface area contributed by atoms with Gasteiger partial charge < -0.3 is 10.2 Å². The summed E-state index contributed by atoms with van der Waals surface area (Å²) in [5.41, 5.74) is 2.28. The van der Waals surface area contributed by atoms with Crippen LogP contribution in [0.4, 0.5) is 4.79 Å². The highest BCUT2D eigenvalue weighted by Crippen LogP contribution is 2.38.